The van der Waals surface area contributed by atoms with Crippen LogP contribution in [0.5, 0.6) is 0 Å². The van der Waals surface area contributed by atoms with E-state index in [1.165, 1.54) is 17.8 Å². The Morgan fingerprint density at radius 3 is 2.47 bits per heavy atom. The van der Waals surface area contributed by atoms with Gasteiger partial charge < -0.3 is 4.57 Å². The van der Waals surface area contributed by atoms with Gasteiger partial charge in [0.15, 0.2) is 0 Å². The summed E-state index contributed by atoms with van der Waals surface area (Å²) in [5, 5.41) is 10.1. The van der Waals surface area contributed by atoms with Crippen molar-refractivity contribution in [2.24, 2.45) is 0 Å². The molecule has 0 bridgehead atoms. The summed E-state index contributed by atoms with van der Waals surface area (Å²) in [7, 11) is 0. The van der Waals surface area contributed by atoms with Gasteiger partial charge in [0.2, 0.25) is 0 Å². The molecule has 0 fully saturated rings. The van der Waals surface area contributed by atoms with Crippen LogP contribution in [-0.2, 0) is 12.7 Å². The van der Waals surface area contributed by atoms with Crippen molar-refractivity contribution < 1.29 is 22.0 Å². The van der Waals surface area contributed by atoms with Gasteiger partial charge in [0.25, 0.3) is 5.56 Å². The summed E-state index contributed by atoms with van der Waals surface area (Å²) in [5.41, 5.74) is -1.70. The highest BCUT2D eigenvalue weighted by Gasteiger charge is 2.37. The highest BCUT2D eigenvalue weighted by atomic mass is 32.2. The van der Waals surface area contributed by atoms with Gasteiger partial charge in [-0.1, -0.05) is 12.6 Å². The molecule has 4 rings (SSSR count). The number of halogens is 5. The van der Waals surface area contributed by atoms with E-state index in [-0.39, 0.29) is 16.1 Å². The first-order chi connectivity index (χ1) is 17.9. The van der Waals surface area contributed by atoms with E-state index in [2.05, 4.69) is 11.6 Å². The van der Waals surface area contributed by atoms with Crippen LogP contribution < -0.4 is 5.56 Å². The molecule has 11 heteroatoms. The minimum Gasteiger partial charge on any atom is -0.302 e. The third-order valence-electron chi connectivity index (χ3n) is 5.71. The Morgan fingerprint density at radius 2 is 1.87 bits per heavy atom. The van der Waals surface area contributed by atoms with E-state index in [4.69, 9.17) is 0 Å². The Balaban J connectivity index is 1.92. The summed E-state index contributed by atoms with van der Waals surface area (Å²) in [6.07, 6.45) is -1.47. The lowest BCUT2D eigenvalue weighted by Gasteiger charge is -2.17. The SMILES string of the molecule is C=C(C)c1cc(-c2ccc(-c3cc(C(F)(F)F)c(C#N)c(=O)n3Cc3ccc(F)cc3F)s2)cnc1SC. The van der Waals surface area contributed by atoms with Gasteiger partial charge in [0.1, 0.15) is 28.3 Å². The molecule has 0 aliphatic heterocycles. The van der Waals surface area contributed by atoms with Crippen molar-refractivity contribution in [1.29, 1.82) is 5.26 Å². The summed E-state index contributed by atoms with van der Waals surface area (Å²) in [4.78, 5) is 18.5. The molecule has 3 heterocycles. The van der Waals surface area contributed by atoms with Crippen LogP contribution in [0, 0.1) is 23.0 Å². The van der Waals surface area contributed by atoms with Gasteiger partial charge in [-0.3, -0.25) is 4.79 Å². The van der Waals surface area contributed by atoms with Crippen molar-refractivity contribution in [2.45, 2.75) is 24.7 Å². The normalized spacial score (nSPS) is 11.4. The van der Waals surface area contributed by atoms with Crippen LogP contribution in [0.1, 0.15) is 29.2 Å². The number of hydrogen-bond donors (Lipinski definition) is 0. The van der Waals surface area contributed by atoms with E-state index in [0.29, 0.717) is 22.6 Å². The fourth-order valence-corrected chi connectivity index (χ4v) is 5.47. The molecule has 0 radical (unpaired) electrons. The van der Waals surface area contributed by atoms with Crippen molar-refractivity contribution in [3.8, 4) is 27.1 Å². The van der Waals surface area contributed by atoms with Crippen LogP contribution in [0.4, 0.5) is 22.0 Å². The number of hydrogen-bond acceptors (Lipinski definition) is 5. The Kier molecular flexibility index (Phi) is 7.58. The highest BCUT2D eigenvalue weighted by Crippen LogP contribution is 2.39. The largest absolute Gasteiger partial charge is 0.417 e. The van der Waals surface area contributed by atoms with Gasteiger partial charge in [-0.05, 0) is 49.1 Å². The van der Waals surface area contributed by atoms with Gasteiger partial charge >= 0.3 is 6.18 Å². The van der Waals surface area contributed by atoms with Crippen molar-refractivity contribution in [2.75, 3.05) is 6.26 Å². The molecule has 0 unspecified atom stereocenters. The average molecular weight is 560 g/mol. The van der Waals surface area contributed by atoms with Gasteiger partial charge in [-0.25, -0.2) is 13.8 Å². The smallest absolute Gasteiger partial charge is 0.302 e. The molecule has 0 saturated heterocycles. The van der Waals surface area contributed by atoms with E-state index in [9.17, 15) is 32.0 Å². The Labute approximate surface area is 222 Å². The van der Waals surface area contributed by atoms with E-state index in [1.54, 1.807) is 18.3 Å². The number of alkyl halides is 3. The molecule has 0 aliphatic rings. The van der Waals surface area contributed by atoms with E-state index in [0.717, 1.165) is 44.2 Å². The predicted octanol–water partition coefficient (Wildman–Crippen LogP) is 7.61. The Morgan fingerprint density at radius 1 is 1.16 bits per heavy atom. The third kappa shape index (κ3) is 5.28. The summed E-state index contributed by atoms with van der Waals surface area (Å²) >= 11 is 2.56. The zero-order valence-corrected chi connectivity index (χ0v) is 21.6. The lowest BCUT2D eigenvalue weighted by atomic mass is 10.1. The summed E-state index contributed by atoms with van der Waals surface area (Å²) in [6.45, 7) is 5.30. The van der Waals surface area contributed by atoms with Crippen molar-refractivity contribution in [3.63, 3.8) is 0 Å². The van der Waals surface area contributed by atoms with E-state index < -0.39 is 41.0 Å². The molecule has 0 amide bonds. The summed E-state index contributed by atoms with van der Waals surface area (Å²) in [5.74, 6) is -1.82. The number of pyridine rings is 2. The minimum atomic E-state index is -4.98. The number of nitrogens with zero attached hydrogens (tertiary/aromatic N) is 3. The maximum atomic E-state index is 14.4. The molecule has 4 aromatic rings. The standard InChI is InChI=1S/C27H18F5N3OS2/c1-14(2)18-8-16(12-34-25(18)37-3)23-6-7-24(38-23)22-10-20(27(30,31)32)19(11-33)26(36)35(22)13-15-4-5-17(28)9-21(15)29/h4-10,12H,1,13H2,2-3H3. The number of rotatable bonds is 6. The quantitative estimate of drug-likeness (QED) is 0.180. The zero-order chi connectivity index (χ0) is 27.8. The lowest BCUT2D eigenvalue weighted by Crippen LogP contribution is -2.28. The Hall–Kier alpha value is -3.75. The maximum absolute atomic E-state index is 14.4. The van der Waals surface area contributed by atoms with Crippen LogP contribution in [0.2, 0.25) is 0 Å². The second-order valence-corrected chi connectivity index (χ2v) is 10.2. The second kappa shape index (κ2) is 10.6. The minimum absolute atomic E-state index is 0.127. The second-order valence-electron chi connectivity index (χ2n) is 8.28. The maximum Gasteiger partial charge on any atom is 0.417 e. The summed E-state index contributed by atoms with van der Waals surface area (Å²) < 4.78 is 70.2. The van der Waals surface area contributed by atoms with Gasteiger partial charge in [-0.2, -0.15) is 18.4 Å². The van der Waals surface area contributed by atoms with Crippen LogP contribution in [0.25, 0.3) is 26.6 Å². The monoisotopic (exact) mass is 559 g/mol. The lowest BCUT2D eigenvalue weighted by molar-refractivity contribution is -0.137. The molecule has 0 atom stereocenters. The molecule has 4 nitrogen and oxygen atoms in total. The number of thiophene rings is 1. The average Bonchev–Trinajstić information content (AvgIpc) is 3.35. The molecule has 0 N–H and O–H groups in total. The molecule has 1 aromatic carbocycles. The fourth-order valence-electron chi connectivity index (χ4n) is 3.85. The van der Waals surface area contributed by atoms with Gasteiger partial charge in [-0.15, -0.1) is 23.1 Å². The molecule has 3 aromatic heterocycles. The highest BCUT2D eigenvalue weighted by molar-refractivity contribution is 7.98. The van der Waals surface area contributed by atoms with E-state index >= 15 is 0 Å². The predicted molar refractivity (Wildman–Crippen MR) is 139 cm³/mol. The Bertz CT molecular complexity index is 1660. The fraction of sp³-hybridized carbons (Fsp3) is 0.148. The number of nitriles is 1. The van der Waals surface area contributed by atoms with Gasteiger partial charge in [0.05, 0.1) is 22.7 Å². The molecule has 0 aliphatic carbocycles. The molecule has 0 spiro atoms. The molecular weight excluding hydrogens is 541 g/mol. The number of thioether (sulfide) groups is 1. The first-order valence-corrected chi connectivity index (χ1v) is 13.0. The summed E-state index contributed by atoms with van der Waals surface area (Å²) in [6, 6.07) is 9.83. The number of benzene rings is 1. The third-order valence-corrected chi connectivity index (χ3v) is 7.58. The van der Waals surface area contributed by atoms with Crippen molar-refractivity contribution >= 4 is 28.7 Å². The number of allylic oxidation sites excluding steroid dienone is 1. The van der Waals surface area contributed by atoms with Crippen molar-refractivity contribution in [1.82, 2.24) is 9.55 Å². The molecule has 194 valence electrons. The molecule has 38 heavy (non-hydrogen) atoms. The van der Waals surface area contributed by atoms with Crippen LogP contribution in [-0.4, -0.2) is 15.8 Å². The van der Waals surface area contributed by atoms with E-state index in [1.807, 2.05) is 19.2 Å². The topological polar surface area (TPSA) is 58.7 Å². The van der Waals surface area contributed by atoms with Gasteiger partial charge in [0, 0.05) is 33.8 Å². The number of aromatic nitrogens is 2. The molecular formula is C27H18F5N3OS2. The van der Waals surface area contributed by atoms with Crippen molar-refractivity contribution in [3.05, 3.63) is 99.5 Å². The van der Waals surface area contributed by atoms with Crippen LogP contribution >= 0.6 is 23.1 Å². The first kappa shape index (κ1) is 27.3. The molecule has 0 saturated carbocycles. The first-order valence-electron chi connectivity index (χ1n) is 10.9. The van der Waals surface area contributed by atoms with Crippen LogP contribution in [0.15, 0.2) is 65.1 Å². The zero-order valence-electron chi connectivity index (χ0n) is 20.0. The van der Waals surface area contributed by atoms with Crippen LogP contribution in [0.3, 0.4) is 0 Å².